The van der Waals surface area contributed by atoms with E-state index in [4.69, 9.17) is 0 Å². The Morgan fingerprint density at radius 1 is 0.963 bits per heavy atom. The van der Waals surface area contributed by atoms with Crippen molar-refractivity contribution in [1.82, 2.24) is 15.3 Å². The summed E-state index contributed by atoms with van der Waals surface area (Å²) in [5, 5.41) is 12.5. The molecule has 0 fully saturated rings. The number of aliphatic hydroxyl groups is 1. The van der Waals surface area contributed by atoms with Gasteiger partial charge in [-0.25, -0.2) is 0 Å². The van der Waals surface area contributed by atoms with Crippen molar-refractivity contribution >= 4 is 5.91 Å². The van der Waals surface area contributed by atoms with E-state index in [1.807, 2.05) is 36.4 Å². The summed E-state index contributed by atoms with van der Waals surface area (Å²) in [5.41, 5.74) is 3.97. The number of benzene rings is 1. The van der Waals surface area contributed by atoms with Gasteiger partial charge in [0.15, 0.2) is 0 Å². The van der Waals surface area contributed by atoms with Crippen LogP contribution in [0.2, 0.25) is 0 Å². The number of hydrogen-bond donors (Lipinski definition) is 3. The molecule has 0 saturated heterocycles. The number of H-pyrrole nitrogens is 1. The van der Waals surface area contributed by atoms with Gasteiger partial charge in [0.1, 0.15) is 5.69 Å². The van der Waals surface area contributed by atoms with E-state index in [1.165, 1.54) is 5.56 Å². The van der Waals surface area contributed by atoms with E-state index in [-0.39, 0.29) is 18.6 Å². The lowest BCUT2D eigenvalue weighted by Gasteiger charge is -2.15. The first-order valence-electron chi connectivity index (χ1n) is 9.27. The first-order chi connectivity index (χ1) is 13.2. The summed E-state index contributed by atoms with van der Waals surface area (Å²) < 4.78 is 0. The summed E-state index contributed by atoms with van der Waals surface area (Å²) in [7, 11) is 0. The van der Waals surface area contributed by atoms with Gasteiger partial charge in [-0.15, -0.1) is 0 Å². The van der Waals surface area contributed by atoms with Gasteiger partial charge in [0.25, 0.3) is 5.91 Å². The van der Waals surface area contributed by atoms with Crippen LogP contribution >= 0.6 is 0 Å². The molecule has 3 aromatic rings. The highest BCUT2D eigenvalue weighted by molar-refractivity contribution is 5.92. The number of carbonyl (C=O) groups is 1. The van der Waals surface area contributed by atoms with Gasteiger partial charge < -0.3 is 15.4 Å². The molecule has 0 radical (unpaired) electrons. The zero-order chi connectivity index (χ0) is 18.9. The topological polar surface area (TPSA) is 78.0 Å². The van der Waals surface area contributed by atoms with Crippen LogP contribution < -0.4 is 5.32 Å². The average molecular weight is 363 g/mol. The van der Waals surface area contributed by atoms with E-state index in [9.17, 15) is 9.90 Å². The summed E-state index contributed by atoms with van der Waals surface area (Å²) in [6, 6.07) is 17.6. The van der Waals surface area contributed by atoms with Crippen molar-refractivity contribution in [2.45, 2.75) is 31.7 Å². The molecule has 5 heteroatoms. The summed E-state index contributed by atoms with van der Waals surface area (Å²) in [4.78, 5) is 19.6. The number of rotatable bonds is 9. The number of pyridine rings is 1. The number of aromatic amines is 1. The molecule has 1 amide bonds. The summed E-state index contributed by atoms with van der Waals surface area (Å²) in [6.07, 6.45) is 6.72. The van der Waals surface area contributed by atoms with Crippen molar-refractivity contribution in [2.75, 3.05) is 6.61 Å². The van der Waals surface area contributed by atoms with E-state index < -0.39 is 0 Å². The number of aromatic nitrogens is 2. The summed E-state index contributed by atoms with van der Waals surface area (Å²) >= 11 is 0. The van der Waals surface area contributed by atoms with Crippen LogP contribution in [0, 0.1) is 0 Å². The molecular weight excluding hydrogens is 338 g/mol. The second kappa shape index (κ2) is 9.69. The van der Waals surface area contributed by atoms with Crippen LogP contribution in [0.3, 0.4) is 0 Å². The van der Waals surface area contributed by atoms with Crippen LogP contribution in [-0.2, 0) is 19.3 Å². The number of nitrogens with zero attached hydrogens (tertiary/aromatic N) is 1. The van der Waals surface area contributed by atoms with Gasteiger partial charge >= 0.3 is 0 Å². The maximum atomic E-state index is 12.4. The number of carbonyl (C=O) groups excluding carboxylic acids is 1. The first-order valence-corrected chi connectivity index (χ1v) is 9.27. The van der Waals surface area contributed by atoms with Crippen LogP contribution in [-0.4, -0.2) is 33.6 Å². The van der Waals surface area contributed by atoms with Crippen molar-refractivity contribution in [3.05, 3.63) is 89.5 Å². The summed E-state index contributed by atoms with van der Waals surface area (Å²) in [5.74, 6) is -0.185. The third kappa shape index (κ3) is 5.79. The van der Waals surface area contributed by atoms with Gasteiger partial charge in [-0.2, -0.15) is 0 Å². The Hall–Kier alpha value is -2.92. The van der Waals surface area contributed by atoms with Crippen molar-refractivity contribution in [3.63, 3.8) is 0 Å². The Labute approximate surface area is 159 Å². The molecule has 0 aliphatic carbocycles. The maximum Gasteiger partial charge on any atom is 0.267 e. The van der Waals surface area contributed by atoms with Crippen LogP contribution in [0.1, 0.15) is 33.7 Å². The Kier molecular flexibility index (Phi) is 6.77. The second-order valence-corrected chi connectivity index (χ2v) is 6.63. The maximum absolute atomic E-state index is 12.4. The van der Waals surface area contributed by atoms with E-state index in [2.05, 4.69) is 27.4 Å². The van der Waals surface area contributed by atoms with Gasteiger partial charge in [0.2, 0.25) is 0 Å². The molecule has 3 rings (SSSR count). The smallest absolute Gasteiger partial charge is 0.267 e. The highest BCUT2D eigenvalue weighted by Gasteiger charge is 2.14. The van der Waals surface area contributed by atoms with Gasteiger partial charge in [-0.05, 0) is 61.1 Å². The standard InChI is InChI=1S/C22H25N3O2/c26-16-20(9-7-18-12-14-23-15-13-18)25-22(27)21-11-10-19(24-21)8-6-17-4-2-1-3-5-17/h1-5,10-15,20,24,26H,6-9,16H2,(H,25,27). The molecule has 27 heavy (non-hydrogen) atoms. The molecule has 1 unspecified atom stereocenters. The number of amides is 1. The van der Waals surface area contributed by atoms with Gasteiger partial charge in [0.05, 0.1) is 12.6 Å². The molecule has 1 aromatic carbocycles. The number of hydrogen-bond acceptors (Lipinski definition) is 3. The highest BCUT2D eigenvalue weighted by Crippen LogP contribution is 2.09. The quantitative estimate of drug-likeness (QED) is 0.547. The second-order valence-electron chi connectivity index (χ2n) is 6.63. The lowest BCUT2D eigenvalue weighted by atomic mass is 10.1. The lowest BCUT2D eigenvalue weighted by Crippen LogP contribution is -2.38. The zero-order valence-electron chi connectivity index (χ0n) is 15.3. The Balaban J connectivity index is 1.50. The lowest BCUT2D eigenvalue weighted by molar-refractivity contribution is 0.0908. The highest BCUT2D eigenvalue weighted by atomic mass is 16.3. The van der Waals surface area contributed by atoms with Crippen molar-refractivity contribution in [2.24, 2.45) is 0 Å². The van der Waals surface area contributed by atoms with Gasteiger partial charge in [0, 0.05) is 18.1 Å². The largest absolute Gasteiger partial charge is 0.394 e. The molecule has 2 aromatic heterocycles. The Morgan fingerprint density at radius 3 is 2.44 bits per heavy atom. The minimum absolute atomic E-state index is 0.0849. The fraction of sp³-hybridized carbons (Fsp3) is 0.273. The first kappa shape index (κ1) is 18.9. The Morgan fingerprint density at radius 2 is 1.70 bits per heavy atom. The normalized spacial score (nSPS) is 11.9. The predicted octanol–water partition coefficient (Wildman–Crippen LogP) is 2.92. The third-order valence-corrected chi connectivity index (χ3v) is 4.60. The number of nitrogens with one attached hydrogen (secondary N) is 2. The molecule has 140 valence electrons. The molecule has 0 aliphatic rings. The molecule has 5 nitrogen and oxygen atoms in total. The van der Waals surface area contributed by atoms with Gasteiger partial charge in [-0.1, -0.05) is 30.3 Å². The number of aryl methyl sites for hydroxylation is 3. The average Bonchev–Trinajstić information content (AvgIpc) is 3.20. The SMILES string of the molecule is O=C(NC(CO)CCc1ccncc1)c1ccc(CCc2ccccc2)[nH]1. The molecular formula is C22H25N3O2. The fourth-order valence-electron chi connectivity index (χ4n) is 3.00. The molecule has 1 atom stereocenters. The van der Waals surface area contributed by atoms with E-state index in [1.54, 1.807) is 18.5 Å². The molecule has 0 bridgehead atoms. The van der Waals surface area contributed by atoms with Gasteiger partial charge in [-0.3, -0.25) is 9.78 Å². The van der Waals surface area contributed by atoms with Crippen LogP contribution in [0.25, 0.3) is 0 Å². The third-order valence-electron chi connectivity index (χ3n) is 4.60. The monoisotopic (exact) mass is 363 g/mol. The molecule has 0 aliphatic heterocycles. The van der Waals surface area contributed by atoms with Crippen molar-refractivity contribution < 1.29 is 9.90 Å². The van der Waals surface area contributed by atoms with Crippen LogP contribution in [0.4, 0.5) is 0 Å². The number of aliphatic hydroxyl groups excluding tert-OH is 1. The molecule has 0 spiro atoms. The minimum Gasteiger partial charge on any atom is -0.394 e. The zero-order valence-corrected chi connectivity index (χ0v) is 15.3. The van der Waals surface area contributed by atoms with Crippen LogP contribution in [0.5, 0.6) is 0 Å². The van der Waals surface area contributed by atoms with Crippen LogP contribution in [0.15, 0.2) is 67.0 Å². The fourth-order valence-corrected chi connectivity index (χ4v) is 3.00. The molecule has 3 N–H and O–H groups in total. The minimum atomic E-state index is -0.276. The van der Waals surface area contributed by atoms with E-state index in [0.717, 1.165) is 30.5 Å². The van der Waals surface area contributed by atoms with E-state index >= 15 is 0 Å². The predicted molar refractivity (Wildman–Crippen MR) is 106 cm³/mol. The Bertz CT molecular complexity index is 831. The summed E-state index contributed by atoms with van der Waals surface area (Å²) in [6.45, 7) is -0.0849. The molecule has 2 heterocycles. The van der Waals surface area contributed by atoms with Crippen molar-refractivity contribution in [1.29, 1.82) is 0 Å². The van der Waals surface area contributed by atoms with E-state index in [0.29, 0.717) is 12.1 Å². The van der Waals surface area contributed by atoms with Crippen molar-refractivity contribution in [3.8, 4) is 0 Å². The molecule has 0 saturated carbocycles.